The zero-order chi connectivity index (χ0) is 25.2. The van der Waals surface area contributed by atoms with Crippen LogP contribution >= 0.6 is 0 Å². The highest BCUT2D eigenvalue weighted by molar-refractivity contribution is 5.80. The van der Waals surface area contributed by atoms with Gasteiger partial charge in [0.1, 0.15) is 28.7 Å². The second-order valence-corrected chi connectivity index (χ2v) is 8.91. The third-order valence-corrected chi connectivity index (χ3v) is 6.57. The number of ether oxygens (including phenoxy) is 3. The molecule has 0 spiro atoms. The van der Waals surface area contributed by atoms with E-state index in [0.717, 1.165) is 46.2 Å². The van der Waals surface area contributed by atoms with Crippen molar-refractivity contribution in [2.75, 3.05) is 14.2 Å². The highest BCUT2D eigenvalue weighted by Crippen LogP contribution is 2.44. The molecule has 6 heteroatoms. The van der Waals surface area contributed by atoms with Gasteiger partial charge in [-0.25, -0.2) is 0 Å². The van der Waals surface area contributed by atoms with Gasteiger partial charge in [-0.1, -0.05) is 18.2 Å². The van der Waals surface area contributed by atoms with E-state index in [2.05, 4.69) is 0 Å². The van der Waals surface area contributed by atoms with Gasteiger partial charge in [0.2, 0.25) is 0 Å². The summed E-state index contributed by atoms with van der Waals surface area (Å²) >= 11 is 0. The van der Waals surface area contributed by atoms with E-state index in [1.165, 1.54) is 6.07 Å². The number of fused-ring (bicyclic) bond motifs is 3. The largest absolute Gasteiger partial charge is 0.508 e. The molecule has 0 radical (unpaired) electrons. The van der Waals surface area contributed by atoms with Crippen molar-refractivity contribution in [3.05, 3.63) is 89.0 Å². The molecule has 0 unspecified atom stereocenters. The van der Waals surface area contributed by atoms with Crippen molar-refractivity contribution in [1.29, 1.82) is 0 Å². The molecule has 6 nitrogen and oxygen atoms in total. The lowest BCUT2D eigenvalue weighted by molar-refractivity contribution is 0.371. The Labute approximate surface area is 210 Å². The third-order valence-electron chi connectivity index (χ3n) is 6.57. The fourth-order valence-corrected chi connectivity index (χ4v) is 4.84. The summed E-state index contributed by atoms with van der Waals surface area (Å²) in [4.78, 5) is 0. The Hall–Kier alpha value is -4.32. The van der Waals surface area contributed by atoms with Crippen LogP contribution < -0.4 is 14.2 Å². The first-order valence-electron chi connectivity index (χ1n) is 11.8. The number of benzene rings is 4. The number of aryl methyl sites for hydroxylation is 4. The first kappa shape index (κ1) is 23.4. The van der Waals surface area contributed by atoms with Crippen molar-refractivity contribution in [1.82, 2.24) is 0 Å². The fourth-order valence-electron chi connectivity index (χ4n) is 4.84. The van der Waals surface area contributed by atoms with Crippen LogP contribution in [0.1, 0.15) is 22.3 Å². The van der Waals surface area contributed by atoms with Crippen LogP contribution in [0, 0.1) is 0 Å². The average Bonchev–Trinajstić information content (AvgIpc) is 2.88. The summed E-state index contributed by atoms with van der Waals surface area (Å²) in [7, 11) is 3.14. The highest BCUT2D eigenvalue weighted by Gasteiger charge is 2.22. The molecule has 0 heterocycles. The van der Waals surface area contributed by atoms with Crippen LogP contribution in [-0.2, 0) is 25.7 Å². The van der Waals surface area contributed by atoms with E-state index in [1.54, 1.807) is 38.5 Å². The van der Waals surface area contributed by atoms with Gasteiger partial charge in [0.05, 0.1) is 14.2 Å². The molecule has 0 saturated heterocycles. The number of phenols is 3. The molecular formula is C30H28O6. The van der Waals surface area contributed by atoms with Gasteiger partial charge in [-0.15, -0.1) is 0 Å². The molecule has 4 aromatic carbocycles. The van der Waals surface area contributed by atoms with Crippen LogP contribution in [-0.4, -0.2) is 29.5 Å². The SMILES string of the molecule is COc1cc(O)c2c(c1)CCc1cc(Oc3c(CCc4cccc(O)c4)cc(O)cc3OC)ccc1-2. The summed E-state index contributed by atoms with van der Waals surface area (Å²) in [6.07, 6.45) is 2.83. The monoisotopic (exact) mass is 484 g/mol. The van der Waals surface area contributed by atoms with Gasteiger partial charge in [0, 0.05) is 23.3 Å². The van der Waals surface area contributed by atoms with Crippen molar-refractivity contribution in [3.63, 3.8) is 0 Å². The lowest BCUT2D eigenvalue weighted by Gasteiger charge is -2.23. The lowest BCUT2D eigenvalue weighted by Crippen LogP contribution is -2.05. The van der Waals surface area contributed by atoms with Gasteiger partial charge in [-0.2, -0.15) is 0 Å². The van der Waals surface area contributed by atoms with Crippen LogP contribution in [0.25, 0.3) is 11.1 Å². The maximum Gasteiger partial charge on any atom is 0.172 e. The number of hydrogen-bond donors (Lipinski definition) is 3. The van der Waals surface area contributed by atoms with Crippen molar-refractivity contribution in [3.8, 4) is 51.4 Å². The van der Waals surface area contributed by atoms with Crippen LogP contribution in [0.3, 0.4) is 0 Å². The predicted octanol–water partition coefficient (Wildman–Crippen LogP) is 6.16. The van der Waals surface area contributed by atoms with E-state index in [9.17, 15) is 15.3 Å². The zero-order valence-electron chi connectivity index (χ0n) is 20.2. The molecule has 0 bridgehead atoms. The maximum atomic E-state index is 10.7. The molecule has 3 N–H and O–H groups in total. The summed E-state index contributed by atoms with van der Waals surface area (Å²) in [6, 6.07) is 19.8. The molecule has 5 rings (SSSR count). The third kappa shape index (κ3) is 4.62. The van der Waals surface area contributed by atoms with Gasteiger partial charge in [0.25, 0.3) is 0 Å². The van der Waals surface area contributed by atoms with Crippen molar-refractivity contribution in [2.24, 2.45) is 0 Å². The minimum absolute atomic E-state index is 0.0954. The van der Waals surface area contributed by atoms with E-state index in [0.29, 0.717) is 35.8 Å². The highest BCUT2D eigenvalue weighted by atomic mass is 16.5. The summed E-state index contributed by atoms with van der Waals surface area (Å²) in [5, 5.41) is 30.7. The van der Waals surface area contributed by atoms with Crippen LogP contribution in [0.5, 0.6) is 40.2 Å². The summed E-state index contributed by atoms with van der Waals surface area (Å²) in [5.74, 6) is 2.79. The quantitative estimate of drug-likeness (QED) is 0.291. The molecule has 36 heavy (non-hydrogen) atoms. The molecule has 0 amide bonds. The minimum atomic E-state index is 0.0954. The lowest BCUT2D eigenvalue weighted by atomic mass is 9.85. The van der Waals surface area contributed by atoms with Crippen LogP contribution in [0.2, 0.25) is 0 Å². The number of methoxy groups -OCH3 is 2. The second kappa shape index (κ2) is 9.74. The van der Waals surface area contributed by atoms with Gasteiger partial charge in [-0.05, 0) is 84.3 Å². The maximum absolute atomic E-state index is 10.7. The average molecular weight is 485 g/mol. The topological polar surface area (TPSA) is 88.4 Å². The summed E-state index contributed by atoms with van der Waals surface area (Å²) < 4.78 is 17.2. The Morgan fingerprint density at radius 1 is 0.722 bits per heavy atom. The molecule has 0 aliphatic heterocycles. The van der Waals surface area contributed by atoms with E-state index in [4.69, 9.17) is 14.2 Å². The fraction of sp³-hybridized carbons (Fsp3) is 0.200. The molecule has 0 saturated carbocycles. The zero-order valence-corrected chi connectivity index (χ0v) is 20.2. The molecule has 1 aliphatic carbocycles. The number of phenolic OH excluding ortho intramolecular Hbond substituents is 3. The predicted molar refractivity (Wildman–Crippen MR) is 138 cm³/mol. The van der Waals surface area contributed by atoms with Crippen molar-refractivity contribution >= 4 is 0 Å². The van der Waals surface area contributed by atoms with Crippen LogP contribution in [0.4, 0.5) is 0 Å². The van der Waals surface area contributed by atoms with E-state index in [1.807, 2.05) is 36.4 Å². The van der Waals surface area contributed by atoms with Gasteiger partial charge < -0.3 is 29.5 Å². The Morgan fingerprint density at radius 3 is 2.31 bits per heavy atom. The van der Waals surface area contributed by atoms with Gasteiger partial charge in [0.15, 0.2) is 11.5 Å². The molecule has 0 aromatic heterocycles. The molecule has 0 atom stereocenters. The van der Waals surface area contributed by atoms with Crippen molar-refractivity contribution < 1.29 is 29.5 Å². The van der Waals surface area contributed by atoms with Crippen LogP contribution in [0.15, 0.2) is 66.7 Å². The second-order valence-electron chi connectivity index (χ2n) is 8.91. The van der Waals surface area contributed by atoms with E-state index < -0.39 is 0 Å². The molecule has 4 aromatic rings. The normalized spacial score (nSPS) is 11.9. The summed E-state index contributed by atoms with van der Waals surface area (Å²) in [5.41, 5.74) is 5.72. The van der Waals surface area contributed by atoms with Crippen molar-refractivity contribution in [2.45, 2.75) is 25.7 Å². The Kier molecular flexibility index (Phi) is 6.34. The Morgan fingerprint density at radius 2 is 1.53 bits per heavy atom. The number of rotatable bonds is 7. The molecule has 0 fully saturated rings. The van der Waals surface area contributed by atoms with Gasteiger partial charge >= 0.3 is 0 Å². The number of hydrogen-bond acceptors (Lipinski definition) is 6. The first-order chi connectivity index (χ1) is 17.4. The molecule has 184 valence electrons. The Bertz CT molecular complexity index is 1430. The van der Waals surface area contributed by atoms with Gasteiger partial charge in [-0.3, -0.25) is 0 Å². The summed E-state index contributed by atoms with van der Waals surface area (Å²) in [6.45, 7) is 0. The molecular weight excluding hydrogens is 456 g/mol. The Balaban J connectivity index is 1.46. The standard InChI is InChI=1S/C30H28O6/c1-34-25-15-20-9-8-19-14-24(10-11-26(19)29(20)27(33)17-25)36-30-21(13-23(32)16-28(30)35-2)7-6-18-4-3-5-22(31)12-18/h3-5,10-17,31-33H,6-9H2,1-2H3. The minimum Gasteiger partial charge on any atom is -0.508 e. The molecule has 1 aliphatic rings. The first-order valence-corrected chi connectivity index (χ1v) is 11.8. The van der Waals surface area contributed by atoms with E-state index >= 15 is 0 Å². The smallest absolute Gasteiger partial charge is 0.172 e. The number of aromatic hydroxyl groups is 3. The van der Waals surface area contributed by atoms with E-state index in [-0.39, 0.29) is 17.2 Å².